The largest absolute Gasteiger partial charge is 0.240 e. The zero-order valence-corrected chi connectivity index (χ0v) is 15.1. The van der Waals surface area contributed by atoms with Crippen molar-refractivity contribution < 1.29 is 8.42 Å². The summed E-state index contributed by atoms with van der Waals surface area (Å²) in [5.41, 5.74) is 0.775. The molecule has 0 unspecified atom stereocenters. The first-order valence-corrected chi connectivity index (χ1v) is 9.92. The van der Waals surface area contributed by atoms with Crippen LogP contribution in [-0.2, 0) is 10.0 Å². The number of benzene rings is 1. The van der Waals surface area contributed by atoms with Gasteiger partial charge in [-0.2, -0.15) is 0 Å². The molecule has 2 rings (SSSR count). The molecule has 0 heterocycles. The zero-order valence-electron chi connectivity index (χ0n) is 12.7. The van der Waals surface area contributed by atoms with Crippen molar-refractivity contribution in [2.45, 2.75) is 50.8 Å². The van der Waals surface area contributed by atoms with Gasteiger partial charge in [-0.1, -0.05) is 54.6 Å². The van der Waals surface area contributed by atoms with Crippen LogP contribution >= 0.6 is 15.9 Å². The molecule has 1 aromatic carbocycles. The molecule has 1 aliphatic rings. The Morgan fingerprint density at radius 3 is 2.57 bits per heavy atom. The first kappa shape index (κ1) is 17.0. The van der Waals surface area contributed by atoms with Gasteiger partial charge >= 0.3 is 0 Å². The van der Waals surface area contributed by atoms with E-state index in [0.29, 0.717) is 17.4 Å². The fourth-order valence-corrected chi connectivity index (χ4v) is 4.79. The van der Waals surface area contributed by atoms with Gasteiger partial charge in [0.2, 0.25) is 10.0 Å². The third-order valence-corrected chi connectivity index (χ3v) is 6.52. The molecule has 0 aromatic heterocycles. The van der Waals surface area contributed by atoms with E-state index in [2.05, 4.69) is 27.6 Å². The van der Waals surface area contributed by atoms with E-state index < -0.39 is 10.0 Å². The van der Waals surface area contributed by atoms with E-state index in [1.54, 1.807) is 6.07 Å². The van der Waals surface area contributed by atoms with Gasteiger partial charge < -0.3 is 0 Å². The predicted octanol–water partition coefficient (Wildman–Crippen LogP) is 4.25. The van der Waals surface area contributed by atoms with Crippen LogP contribution in [0.2, 0.25) is 0 Å². The van der Waals surface area contributed by atoms with Crippen LogP contribution in [0, 0.1) is 18.8 Å². The zero-order chi connectivity index (χ0) is 15.5. The molecule has 0 saturated heterocycles. The minimum absolute atomic E-state index is 0.370. The molecule has 0 spiro atoms. The Kier molecular flexibility index (Phi) is 5.86. The van der Waals surface area contributed by atoms with Crippen LogP contribution in [0.4, 0.5) is 0 Å². The van der Waals surface area contributed by atoms with Crippen molar-refractivity contribution in [2.24, 2.45) is 11.8 Å². The summed E-state index contributed by atoms with van der Waals surface area (Å²) in [6.07, 6.45) is 5.97. The van der Waals surface area contributed by atoms with E-state index in [1.807, 2.05) is 19.1 Å². The quantitative estimate of drug-likeness (QED) is 0.838. The normalized spacial score (nSPS) is 23.2. The van der Waals surface area contributed by atoms with E-state index >= 15 is 0 Å². The molecule has 1 fully saturated rings. The van der Waals surface area contributed by atoms with Crippen molar-refractivity contribution in [3.63, 3.8) is 0 Å². The van der Waals surface area contributed by atoms with Crippen molar-refractivity contribution in [2.75, 3.05) is 6.54 Å². The first-order valence-electron chi connectivity index (χ1n) is 7.64. The van der Waals surface area contributed by atoms with Crippen molar-refractivity contribution in [1.29, 1.82) is 0 Å². The molecule has 118 valence electrons. The molecule has 0 amide bonds. The Bertz CT molecular complexity index is 578. The Hall–Kier alpha value is -0.390. The van der Waals surface area contributed by atoms with Crippen LogP contribution in [0.15, 0.2) is 27.6 Å². The molecule has 1 aliphatic carbocycles. The Balaban J connectivity index is 1.91. The molecule has 0 bridgehead atoms. The summed E-state index contributed by atoms with van der Waals surface area (Å²) in [7, 11) is -3.41. The van der Waals surface area contributed by atoms with Gasteiger partial charge in [0.25, 0.3) is 0 Å². The van der Waals surface area contributed by atoms with E-state index in [9.17, 15) is 8.42 Å². The number of nitrogens with one attached hydrogen (secondary N) is 1. The van der Waals surface area contributed by atoms with Gasteiger partial charge in [-0.15, -0.1) is 0 Å². The SMILES string of the molecule is Cc1ccc(Br)cc1S(=O)(=O)NCCC1CCC(C)CC1. The number of hydrogen-bond acceptors (Lipinski definition) is 2. The van der Waals surface area contributed by atoms with Crippen molar-refractivity contribution in [3.8, 4) is 0 Å². The van der Waals surface area contributed by atoms with Crippen LogP contribution in [0.1, 0.15) is 44.6 Å². The second kappa shape index (κ2) is 7.25. The summed E-state index contributed by atoms with van der Waals surface area (Å²) >= 11 is 3.33. The van der Waals surface area contributed by atoms with Gasteiger partial charge in [0.15, 0.2) is 0 Å². The van der Waals surface area contributed by atoms with Crippen LogP contribution in [0.25, 0.3) is 0 Å². The third kappa shape index (κ3) is 4.80. The molecular weight excluding hydrogens is 350 g/mol. The maximum absolute atomic E-state index is 12.4. The summed E-state index contributed by atoms with van der Waals surface area (Å²) in [6.45, 7) is 4.66. The van der Waals surface area contributed by atoms with E-state index in [-0.39, 0.29) is 0 Å². The number of hydrogen-bond donors (Lipinski definition) is 1. The lowest BCUT2D eigenvalue weighted by atomic mass is 9.81. The highest BCUT2D eigenvalue weighted by Gasteiger charge is 2.20. The molecule has 1 saturated carbocycles. The fourth-order valence-electron chi connectivity index (χ4n) is 2.96. The Labute approximate surface area is 136 Å². The second-order valence-corrected chi connectivity index (χ2v) is 8.87. The van der Waals surface area contributed by atoms with Gasteiger partial charge in [-0.3, -0.25) is 0 Å². The highest BCUT2D eigenvalue weighted by atomic mass is 79.9. The van der Waals surface area contributed by atoms with E-state index in [0.717, 1.165) is 22.4 Å². The third-order valence-electron chi connectivity index (χ3n) is 4.42. The summed E-state index contributed by atoms with van der Waals surface area (Å²) in [6, 6.07) is 5.35. The number of halogens is 1. The van der Waals surface area contributed by atoms with Crippen LogP contribution < -0.4 is 4.72 Å². The van der Waals surface area contributed by atoms with Gasteiger partial charge in [-0.25, -0.2) is 13.1 Å². The maximum Gasteiger partial charge on any atom is 0.240 e. The molecule has 0 aliphatic heterocycles. The minimum atomic E-state index is -3.41. The summed E-state index contributed by atoms with van der Waals surface area (Å²) < 4.78 is 28.3. The Morgan fingerprint density at radius 1 is 1.24 bits per heavy atom. The van der Waals surface area contributed by atoms with Gasteiger partial charge in [0.05, 0.1) is 4.90 Å². The molecule has 21 heavy (non-hydrogen) atoms. The molecular formula is C16H24BrNO2S. The smallest absolute Gasteiger partial charge is 0.211 e. The van der Waals surface area contributed by atoms with Crippen molar-refractivity contribution in [1.82, 2.24) is 4.72 Å². The van der Waals surface area contributed by atoms with Gasteiger partial charge in [0.1, 0.15) is 0 Å². The summed E-state index contributed by atoms with van der Waals surface area (Å²) in [5, 5.41) is 0. The highest BCUT2D eigenvalue weighted by molar-refractivity contribution is 9.10. The van der Waals surface area contributed by atoms with Crippen molar-refractivity contribution >= 4 is 26.0 Å². The minimum Gasteiger partial charge on any atom is -0.211 e. The van der Waals surface area contributed by atoms with Crippen molar-refractivity contribution in [3.05, 3.63) is 28.2 Å². The maximum atomic E-state index is 12.4. The van der Waals surface area contributed by atoms with E-state index in [1.165, 1.54) is 25.7 Å². The van der Waals surface area contributed by atoms with Gasteiger partial charge in [-0.05, 0) is 42.9 Å². The van der Waals surface area contributed by atoms with E-state index in [4.69, 9.17) is 0 Å². The standard InChI is InChI=1S/C16H24BrNO2S/c1-12-3-6-14(7-4-12)9-10-18-21(19,20)16-11-15(17)8-5-13(16)2/h5,8,11-12,14,18H,3-4,6-7,9-10H2,1-2H3. The molecule has 0 atom stereocenters. The first-order chi connectivity index (χ1) is 9.88. The monoisotopic (exact) mass is 373 g/mol. The highest BCUT2D eigenvalue weighted by Crippen LogP contribution is 2.30. The molecule has 3 nitrogen and oxygen atoms in total. The fraction of sp³-hybridized carbons (Fsp3) is 0.625. The lowest BCUT2D eigenvalue weighted by molar-refractivity contribution is 0.278. The molecule has 1 aromatic rings. The molecule has 5 heteroatoms. The molecule has 1 N–H and O–H groups in total. The lowest BCUT2D eigenvalue weighted by Crippen LogP contribution is -2.27. The van der Waals surface area contributed by atoms with Crippen LogP contribution in [-0.4, -0.2) is 15.0 Å². The average Bonchev–Trinajstić information content (AvgIpc) is 2.43. The second-order valence-electron chi connectivity index (χ2n) is 6.22. The summed E-state index contributed by atoms with van der Waals surface area (Å²) in [4.78, 5) is 0.370. The number of rotatable bonds is 5. The van der Waals surface area contributed by atoms with Crippen LogP contribution in [0.3, 0.4) is 0 Å². The predicted molar refractivity (Wildman–Crippen MR) is 89.8 cm³/mol. The Morgan fingerprint density at radius 2 is 1.90 bits per heavy atom. The number of sulfonamides is 1. The topological polar surface area (TPSA) is 46.2 Å². The molecule has 0 radical (unpaired) electrons. The van der Waals surface area contributed by atoms with Crippen LogP contribution in [0.5, 0.6) is 0 Å². The average molecular weight is 374 g/mol. The lowest BCUT2D eigenvalue weighted by Gasteiger charge is -2.26. The van der Waals surface area contributed by atoms with Gasteiger partial charge in [0, 0.05) is 11.0 Å². The summed E-state index contributed by atoms with van der Waals surface area (Å²) in [5.74, 6) is 1.51. The number of aryl methyl sites for hydroxylation is 1.